The molecule has 6 nitrogen and oxygen atoms in total. The lowest BCUT2D eigenvalue weighted by atomic mass is 10.1. The second-order valence-electron chi connectivity index (χ2n) is 6.18. The summed E-state index contributed by atoms with van der Waals surface area (Å²) in [6.07, 6.45) is 1.50. The van der Waals surface area contributed by atoms with Gasteiger partial charge in [0.15, 0.2) is 0 Å². The first-order valence-corrected chi connectivity index (χ1v) is 10.3. The molecule has 0 aromatic heterocycles. The summed E-state index contributed by atoms with van der Waals surface area (Å²) >= 11 is 0. The quantitative estimate of drug-likeness (QED) is 0.494. The van der Waals surface area contributed by atoms with E-state index in [2.05, 4.69) is 6.58 Å². The van der Waals surface area contributed by atoms with E-state index in [1.54, 1.807) is 45.0 Å². The second-order valence-corrected chi connectivity index (χ2v) is 8.04. The van der Waals surface area contributed by atoms with E-state index in [0.717, 1.165) is 0 Å². The van der Waals surface area contributed by atoms with Crippen molar-refractivity contribution in [2.24, 2.45) is 0 Å². The highest BCUT2D eigenvalue weighted by molar-refractivity contribution is 7.92. The molecular weight excluding hydrogens is 378 g/mol. The molecule has 0 heterocycles. The van der Waals surface area contributed by atoms with Gasteiger partial charge in [0.1, 0.15) is 5.75 Å². The summed E-state index contributed by atoms with van der Waals surface area (Å²) in [4.78, 5) is 12.2. The van der Waals surface area contributed by atoms with Crippen molar-refractivity contribution in [1.29, 1.82) is 0 Å². The lowest BCUT2D eigenvalue weighted by Crippen LogP contribution is -2.32. The molecule has 0 saturated carbocycles. The zero-order chi connectivity index (χ0) is 20.9. The number of hydrogen-bond donors (Lipinski definition) is 0. The van der Waals surface area contributed by atoms with Crippen LogP contribution in [0.15, 0.2) is 53.9 Å². The van der Waals surface area contributed by atoms with Gasteiger partial charge in [-0.25, -0.2) is 13.2 Å². The van der Waals surface area contributed by atoms with Gasteiger partial charge in [0.05, 0.1) is 36.4 Å². The molecule has 0 spiro atoms. The Hall–Kier alpha value is -2.80. The lowest BCUT2D eigenvalue weighted by Gasteiger charge is -2.25. The SMILES string of the molecule is C=CCN(c1cc(C(=O)OCC)ccc1C)S(=O)(=O)c1ccc(OC)c(C)c1. The van der Waals surface area contributed by atoms with Gasteiger partial charge >= 0.3 is 5.97 Å². The fourth-order valence-electron chi connectivity index (χ4n) is 2.80. The van der Waals surface area contributed by atoms with Crippen molar-refractivity contribution >= 4 is 21.7 Å². The van der Waals surface area contributed by atoms with Crippen molar-refractivity contribution in [3.8, 4) is 5.75 Å². The summed E-state index contributed by atoms with van der Waals surface area (Å²) in [7, 11) is -2.35. The van der Waals surface area contributed by atoms with Gasteiger partial charge in [0, 0.05) is 0 Å². The van der Waals surface area contributed by atoms with Crippen molar-refractivity contribution in [3.63, 3.8) is 0 Å². The van der Waals surface area contributed by atoms with Crippen LogP contribution in [-0.2, 0) is 14.8 Å². The van der Waals surface area contributed by atoms with Crippen LogP contribution in [0.1, 0.15) is 28.4 Å². The zero-order valence-electron chi connectivity index (χ0n) is 16.6. The fourth-order valence-corrected chi connectivity index (χ4v) is 4.38. The average molecular weight is 404 g/mol. The molecule has 0 bridgehead atoms. The summed E-state index contributed by atoms with van der Waals surface area (Å²) in [6, 6.07) is 9.54. The van der Waals surface area contributed by atoms with Crippen molar-refractivity contribution in [2.45, 2.75) is 25.7 Å². The first kappa shape index (κ1) is 21.5. The molecule has 2 rings (SSSR count). The van der Waals surface area contributed by atoms with Gasteiger partial charge in [-0.15, -0.1) is 6.58 Å². The molecule has 28 heavy (non-hydrogen) atoms. The number of ether oxygens (including phenoxy) is 2. The third-order valence-corrected chi connectivity index (χ3v) is 6.01. The molecule has 0 saturated heterocycles. The van der Waals surface area contributed by atoms with Crippen LogP contribution in [0.3, 0.4) is 0 Å². The van der Waals surface area contributed by atoms with E-state index in [1.165, 1.54) is 29.6 Å². The van der Waals surface area contributed by atoms with E-state index in [9.17, 15) is 13.2 Å². The maximum atomic E-state index is 13.4. The monoisotopic (exact) mass is 403 g/mol. The van der Waals surface area contributed by atoms with Gasteiger partial charge in [-0.2, -0.15) is 0 Å². The highest BCUT2D eigenvalue weighted by atomic mass is 32.2. The van der Waals surface area contributed by atoms with Crippen LogP contribution in [0.4, 0.5) is 5.69 Å². The predicted octanol–water partition coefficient (Wildman–Crippen LogP) is 3.87. The first-order valence-electron chi connectivity index (χ1n) is 8.82. The number of aryl methyl sites for hydroxylation is 2. The number of hydrogen-bond acceptors (Lipinski definition) is 5. The van der Waals surface area contributed by atoms with E-state index in [-0.39, 0.29) is 23.6 Å². The molecule has 0 atom stereocenters. The number of sulfonamides is 1. The smallest absolute Gasteiger partial charge is 0.338 e. The van der Waals surface area contributed by atoms with Gasteiger partial charge in [-0.05, 0) is 62.2 Å². The Kier molecular flexibility index (Phi) is 6.85. The minimum Gasteiger partial charge on any atom is -0.496 e. The molecule has 0 aliphatic rings. The first-order chi connectivity index (χ1) is 13.3. The molecule has 0 N–H and O–H groups in total. The molecule has 0 fully saturated rings. The van der Waals surface area contributed by atoms with E-state index in [4.69, 9.17) is 9.47 Å². The second kappa shape index (κ2) is 8.93. The van der Waals surface area contributed by atoms with Gasteiger partial charge in [-0.3, -0.25) is 4.31 Å². The van der Waals surface area contributed by atoms with E-state index >= 15 is 0 Å². The maximum absolute atomic E-state index is 13.4. The van der Waals surface area contributed by atoms with E-state index in [1.807, 2.05) is 0 Å². The van der Waals surface area contributed by atoms with Crippen LogP contribution in [0, 0.1) is 13.8 Å². The lowest BCUT2D eigenvalue weighted by molar-refractivity contribution is 0.0526. The minimum absolute atomic E-state index is 0.0561. The Balaban J connectivity index is 2.58. The maximum Gasteiger partial charge on any atom is 0.338 e. The summed E-state index contributed by atoms with van der Waals surface area (Å²) in [6.45, 7) is 9.25. The van der Waals surface area contributed by atoms with Crippen LogP contribution in [0.2, 0.25) is 0 Å². The highest BCUT2D eigenvalue weighted by Crippen LogP contribution is 2.30. The van der Waals surface area contributed by atoms with Crippen molar-refractivity contribution in [1.82, 2.24) is 0 Å². The van der Waals surface area contributed by atoms with Crippen molar-refractivity contribution < 1.29 is 22.7 Å². The van der Waals surface area contributed by atoms with Crippen molar-refractivity contribution in [2.75, 3.05) is 24.6 Å². The largest absolute Gasteiger partial charge is 0.496 e. The van der Waals surface area contributed by atoms with E-state index in [0.29, 0.717) is 22.6 Å². The normalized spacial score (nSPS) is 11.0. The molecule has 0 amide bonds. The Labute approximate surface area is 166 Å². The minimum atomic E-state index is -3.89. The summed E-state index contributed by atoms with van der Waals surface area (Å²) in [5, 5.41) is 0. The Morgan fingerprint density at radius 2 is 1.86 bits per heavy atom. The summed E-state index contributed by atoms with van der Waals surface area (Å²) < 4.78 is 38.2. The van der Waals surface area contributed by atoms with Crippen LogP contribution >= 0.6 is 0 Å². The molecule has 2 aromatic rings. The Morgan fingerprint density at radius 1 is 1.14 bits per heavy atom. The third-order valence-electron chi connectivity index (χ3n) is 4.24. The topological polar surface area (TPSA) is 72.9 Å². The number of carbonyl (C=O) groups is 1. The van der Waals surface area contributed by atoms with Gasteiger partial charge in [0.25, 0.3) is 10.0 Å². The van der Waals surface area contributed by atoms with Crippen LogP contribution in [0.25, 0.3) is 0 Å². The predicted molar refractivity (Wildman–Crippen MR) is 110 cm³/mol. The van der Waals surface area contributed by atoms with Crippen molar-refractivity contribution in [3.05, 3.63) is 65.7 Å². The highest BCUT2D eigenvalue weighted by Gasteiger charge is 2.26. The number of esters is 1. The number of anilines is 1. The molecule has 0 aliphatic heterocycles. The number of carbonyl (C=O) groups excluding carboxylic acids is 1. The van der Waals surface area contributed by atoms with Crippen LogP contribution < -0.4 is 9.04 Å². The fraction of sp³-hybridized carbons (Fsp3) is 0.286. The van der Waals surface area contributed by atoms with Crippen LogP contribution in [-0.4, -0.2) is 34.6 Å². The number of rotatable bonds is 8. The molecule has 7 heteroatoms. The molecular formula is C21H25NO5S. The standard InChI is InChI=1S/C21H25NO5S/c1-6-12-22(19-14-17(9-8-15(19)3)21(23)27-7-2)28(24,25)18-10-11-20(26-5)16(4)13-18/h6,8-11,13-14H,1,7,12H2,2-5H3. The van der Waals surface area contributed by atoms with Gasteiger partial charge in [-0.1, -0.05) is 12.1 Å². The molecule has 150 valence electrons. The zero-order valence-corrected chi connectivity index (χ0v) is 17.4. The van der Waals surface area contributed by atoms with Gasteiger partial charge in [0.2, 0.25) is 0 Å². The summed E-state index contributed by atoms with van der Waals surface area (Å²) in [5.41, 5.74) is 2.11. The number of benzene rings is 2. The molecule has 0 unspecified atom stereocenters. The molecule has 0 aliphatic carbocycles. The number of methoxy groups -OCH3 is 1. The van der Waals surface area contributed by atoms with Gasteiger partial charge < -0.3 is 9.47 Å². The third kappa shape index (κ3) is 4.36. The molecule has 2 aromatic carbocycles. The van der Waals surface area contributed by atoms with Crippen LogP contribution in [0.5, 0.6) is 5.75 Å². The molecule has 0 radical (unpaired) electrons. The summed E-state index contributed by atoms with van der Waals surface area (Å²) in [5.74, 6) is 0.106. The van der Waals surface area contributed by atoms with E-state index < -0.39 is 16.0 Å². The Bertz CT molecular complexity index is 982. The Morgan fingerprint density at radius 3 is 2.43 bits per heavy atom. The number of nitrogens with zero attached hydrogens (tertiary/aromatic N) is 1. The average Bonchev–Trinajstić information content (AvgIpc) is 2.66.